The zero-order valence-corrected chi connectivity index (χ0v) is 22.0. The number of aromatic nitrogens is 3. The zero-order chi connectivity index (χ0) is 29.7. The summed E-state index contributed by atoms with van der Waals surface area (Å²) in [5.41, 5.74) is 1.71. The van der Waals surface area contributed by atoms with Crippen molar-refractivity contribution in [1.29, 1.82) is 0 Å². The van der Waals surface area contributed by atoms with Gasteiger partial charge in [-0.1, -0.05) is 30.3 Å². The molecular weight excluding hydrogens is 547 g/mol. The van der Waals surface area contributed by atoms with Crippen LogP contribution in [0, 0.1) is 0 Å². The number of carbonyl (C=O) groups excluding carboxylic acids is 2. The van der Waals surface area contributed by atoms with Gasteiger partial charge in [0, 0.05) is 42.3 Å². The van der Waals surface area contributed by atoms with Crippen LogP contribution in [-0.2, 0) is 11.0 Å². The van der Waals surface area contributed by atoms with E-state index >= 15 is 0 Å². The normalized spacial score (nSPS) is 11.4. The Kier molecular flexibility index (Phi) is 7.91. The molecule has 0 bridgehead atoms. The van der Waals surface area contributed by atoms with Gasteiger partial charge >= 0.3 is 6.18 Å². The molecule has 2 aromatic heterocycles. The van der Waals surface area contributed by atoms with E-state index in [0.29, 0.717) is 28.3 Å². The molecule has 0 spiro atoms. The van der Waals surface area contributed by atoms with Gasteiger partial charge < -0.3 is 14.6 Å². The van der Waals surface area contributed by atoms with Crippen LogP contribution in [-0.4, -0.2) is 34.0 Å². The Bertz CT molecular complexity index is 1770. The predicted octanol–water partition coefficient (Wildman–Crippen LogP) is 6.75. The van der Waals surface area contributed by atoms with E-state index in [4.69, 9.17) is 4.42 Å². The van der Waals surface area contributed by atoms with Crippen molar-refractivity contribution < 1.29 is 27.2 Å². The maximum absolute atomic E-state index is 13.1. The Morgan fingerprint density at radius 2 is 1.62 bits per heavy atom. The Balaban J connectivity index is 1.29. The van der Waals surface area contributed by atoms with Crippen molar-refractivity contribution in [3.05, 3.63) is 120 Å². The lowest BCUT2D eigenvalue weighted by molar-refractivity contribution is -0.137. The summed E-state index contributed by atoms with van der Waals surface area (Å²) in [6.07, 6.45) is 1.51. The second-order valence-corrected chi connectivity index (χ2v) is 9.05. The number of halogens is 3. The number of para-hydroxylation sites is 1. The van der Waals surface area contributed by atoms with Crippen LogP contribution in [0.2, 0.25) is 0 Å². The summed E-state index contributed by atoms with van der Waals surface area (Å²) in [4.78, 5) is 30.9. The van der Waals surface area contributed by atoms with E-state index in [0.717, 1.165) is 17.0 Å². The lowest BCUT2D eigenvalue weighted by atomic mass is 10.1. The number of anilines is 2. The van der Waals surface area contributed by atoms with Crippen molar-refractivity contribution in [3.8, 4) is 22.9 Å². The number of benzene rings is 3. The molecule has 0 aliphatic carbocycles. The number of alkyl halides is 3. The standard InChI is InChI=1S/C31H22F3N5O3/c1-39(24-9-5-8-23(19-24)31(32,33)34)30(41)22-7-4-6-20(18-22)12-13-27(40)36-26-11-3-2-10-25(26)29-38-37-28(42-29)21-14-16-35-17-15-21/h2-19H,1H3,(H,36,40)/b13-12+. The van der Waals surface area contributed by atoms with Crippen LogP contribution < -0.4 is 10.2 Å². The monoisotopic (exact) mass is 569 g/mol. The summed E-state index contributed by atoms with van der Waals surface area (Å²) in [5.74, 6) is -0.429. The molecule has 0 atom stereocenters. The fourth-order valence-corrected chi connectivity index (χ4v) is 4.05. The van der Waals surface area contributed by atoms with E-state index in [1.165, 1.54) is 31.3 Å². The van der Waals surface area contributed by atoms with Crippen LogP contribution in [0.4, 0.5) is 24.5 Å². The summed E-state index contributed by atoms with van der Waals surface area (Å²) in [7, 11) is 1.40. The van der Waals surface area contributed by atoms with Gasteiger partial charge in [0.25, 0.3) is 5.91 Å². The maximum Gasteiger partial charge on any atom is 0.416 e. The van der Waals surface area contributed by atoms with Gasteiger partial charge in [-0.05, 0) is 66.2 Å². The molecule has 0 saturated carbocycles. The third-order valence-electron chi connectivity index (χ3n) is 6.19. The predicted molar refractivity (Wildman–Crippen MR) is 151 cm³/mol. The van der Waals surface area contributed by atoms with Crippen molar-refractivity contribution in [3.63, 3.8) is 0 Å². The van der Waals surface area contributed by atoms with Crippen LogP contribution >= 0.6 is 0 Å². The van der Waals surface area contributed by atoms with Crippen molar-refractivity contribution in [2.24, 2.45) is 0 Å². The molecule has 0 fully saturated rings. The third-order valence-corrected chi connectivity index (χ3v) is 6.19. The quantitative estimate of drug-likeness (QED) is 0.218. The highest BCUT2D eigenvalue weighted by Gasteiger charge is 2.31. The Hall–Kier alpha value is -5.58. The van der Waals surface area contributed by atoms with Gasteiger partial charge in [-0.3, -0.25) is 14.6 Å². The molecule has 0 saturated heterocycles. The van der Waals surface area contributed by atoms with Crippen LogP contribution in [0.5, 0.6) is 0 Å². The molecule has 5 rings (SSSR count). The molecular formula is C31H22F3N5O3. The molecule has 42 heavy (non-hydrogen) atoms. The fourth-order valence-electron chi connectivity index (χ4n) is 4.05. The molecule has 2 amide bonds. The smallest absolute Gasteiger partial charge is 0.416 e. The van der Waals surface area contributed by atoms with Crippen molar-refractivity contribution in [2.75, 3.05) is 17.3 Å². The summed E-state index contributed by atoms with van der Waals surface area (Å²) in [6, 6.07) is 21.4. The average Bonchev–Trinajstić information content (AvgIpc) is 3.50. The van der Waals surface area contributed by atoms with E-state index in [1.54, 1.807) is 73.1 Å². The van der Waals surface area contributed by atoms with Gasteiger partial charge in [0.2, 0.25) is 17.7 Å². The second kappa shape index (κ2) is 11.9. The molecule has 11 heteroatoms. The van der Waals surface area contributed by atoms with Crippen molar-refractivity contribution in [1.82, 2.24) is 15.2 Å². The first-order valence-electron chi connectivity index (χ1n) is 12.6. The number of pyridine rings is 1. The first-order chi connectivity index (χ1) is 20.2. The first-order valence-corrected chi connectivity index (χ1v) is 12.6. The fraction of sp³-hybridized carbons (Fsp3) is 0.0645. The molecule has 3 aromatic carbocycles. The number of nitrogens with one attached hydrogen (secondary N) is 1. The van der Waals surface area contributed by atoms with Gasteiger partial charge in [0.15, 0.2) is 0 Å². The van der Waals surface area contributed by atoms with Gasteiger partial charge in [0.1, 0.15) is 0 Å². The second-order valence-electron chi connectivity index (χ2n) is 9.05. The Morgan fingerprint density at radius 3 is 2.40 bits per heavy atom. The SMILES string of the molecule is CN(C(=O)c1cccc(/C=C/C(=O)Nc2ccccc2-c2nnc(-c3ccncc3)o2)c1)c1cccc(C(F)(F)F)c1. The van der Waals surface area contributed by atoms with E-state index in [-0.39, 0.29) is 17.1 Å². The number of rotatable bonds is 7. The molecule has 5 aromatic rings. The Morgan fingerprint density at radius 1 is 0.881 bits per heavy atom. The van der Waals surface area contributed by atoms with Gasteiger partial charge in [-0.15, -0.1) is 10.2 Å². The largest absolute Gasteiger partial charge is 0.416 e. The van der Waals surface area contributed by atoms with Crippen LogP contribution in [0.25, 0.3) is 29.0 Å². The Labute approximate surface area is 238 Å². The minimum Gasteiger partial charge on any atom is -0.416 e. The van der Waals surface area contributed by atoms with E-state index in [9.17, 15) is 22.8 Å². The van der Waals surface area contributed by atoms with Crippen molar-refractivity contribution in [2.45, 2.75) is 6.18 Å². The summed E-state index contributed by atoms with van der Waals surface area (Å²) in [5, 5.41) is 11.0. The highest BCUT2D eigenvalue weighted by Crippen LogP contribution is 2.32. The van der Waals surface area contributed by atoms with Crippen LogP contribution in [0.15, 0.2) is 108 Å². The minimum absolute atomic E-state index is 0.1000. The number of carbonyl (C=O) groups is 2. The van der Waals surface area contributed by atoms with Crippen LogP contribution in [0.3, 0.4) is 0 Å². The lowest BCUT2D eigenvalue weighted by Gasteiger charge is -2.19. The van der Waals surface area contributed by atoms with Gasteiger partial charge in [0.05, 0.1) is 16.8 Å². The van der Waals surface area contributed by atoms with Crippen LogP contribution in [0.1, 0.15) is 21.5 Å². The molecule has 1 N–H and O–H groups in total. The first kappa shape index (κ1) is 28.0. The third kappa shape index (κ3) is 6.41. The average molecular weight is 570 g/mol. The highest BCUT2D eigenvalue weighted by atomic mass is 19.4. The number of hydrogen-bond acceptors (Lipinski definition) is 6. The van der Waals surface area contributed by atoms with Crippen molar-refractivity contribution >= 4 is 29.3 Å². The minimum atomic E-state index is -4.53. The summed E-state index contributed by atoms with van der Waals surface area (Å²) < 4.78 is 45.1. The molecule has 8 nitrogen and oxygen atoms in total. The molecule has 2 heterocycles. The topological polar surface area (TPSA) is 101 Å². The van der Waals surface area contributed by atoms with E-state index in [2.05, 4.69) is 20.5 Å². The molecule has 0 aliphatic heterocycles. The molecule has 0 radical (unpaired) electrons. The number of amides is 2. The zero-order valence-electron chi connectivity index (χ0n) is 22.0. The highest BCUT2D eigenvalue weighted by molar-refractivity contribution is 6.07. The van der Waals surface area contributed by atoms with E-state index < -0.39 is 23.6 Å². The maximum atomic E-state index is 13.1. The number of nitrogens with zero attached hydrogens (tertiary/aromatic N) is 4. The molecule has 210 valence electrons. The van der Waals surface area contributed by atoms with Gasteiger partial charge in [-0.25, -0.2) is 0 Å². The molecule has 0 aliphatic rings. The lowest BCUT2D eigenvalue weighted by Crippen LogP contribution is -2.26. The molecule has 0 unspecified atom stereocenters. The summed E-state index contributed by atoms with van der Waals surface area (Å²) in [6.45, 7) is 0. The number of hydrogen-bond donors (Lipinski definition) is 1. The summed E-state index contributed by atoms with van der Waals surface area (Å²) >= 11 is 0. The van der Waals surface area contributed by atoms with E-state index in [1.807, 2.05) is 0 Å². The van der Waals surface area contributed by atoms with Gasteiger partial charge in [-0.2, -0.15) is 13.2 Å².